The Balaban J connectivity index is 1.27. The summed E-state index contributed by atoms with van der Waals surface area (Å²) in [5.74, 6) is -6.38. The van der Waals surface area contributed by atoms with Gasteiger partial charge in [-0.15, -0.1) is 0 Å². The van der Waals surface area contributed by atoms with Gasteiger partial charge in [0.1, 0.15) is 0 Å². The number of ether oxygens (including phenoxy) is 1. The van der Waals surface area contributed by atoms with Crippen molar-refractivity contribution < 1.29 is 61.4 Å². The number of hydrogen-bond donors (Lipinski definition) is 11. The molecule has 25 heteroatoms. The maximum absolute atomic E-state index is 14.9. The van der Waals surface area contributed by atoms with Crippen LogP contribution in [0.4, 0.5) is 16.2 Å². The number of H-pyrrole nitrogens is 1. The maximum atomic E-state index is 14.9. The number of nitrogen functional groups attached to an aromatic ring is 1. The Morgan fingerprint density at radius 1 is 1.15 bits per heavy atom. The van der Waals surface area contributed by atoms with Crippen molar-refractivity contribution in [3.05, 3.63) is 52.2 Å². The van der Waals surface area contributed by atoms with E-state index in [4.69, 9.17) is 38.7 Å². The van der Waals surface area contributed by atoms with Crippen LogP contribution in [0.3, 0.4) is 0 Å². The Bertz CT molecular complexity index is 1890. The van der Waals surface area contributed by atoms with E-state index in [9.17, 15) is 39.0 Å². The van der Waals surface area contributed by atoms with Gasteiger partial charge in [-0.25, -0.2) is 0 Å². The molecule has 3 unspecified atom stereocenters. The van der Waals surface area contributed by atoms with E-state index in [1.165, 1.54) is 0 Å². The minimum absolute atomic E-state index is 0.160. The number of aliphatic hydroxyl groups is 1. The van der Waals surface area contributed by atoms with Crippen LogP contribution in [0.15, 0.2) is 45.3 Å². The SMILES string of the molecule is Nc1nc2c(ncn2C2=C3O[PH](O)(O)OCc4oc(N5C=C(F)C6C(N)NCNC65)c(O)c4O[PH](O)(O)O/C=C(/O2)[C@H]3O)c(=O)[nH]1. The van der Waals surface area contributed by atoms with Gasteiger partial charge in [-0.3, -0.25) is 0 Å². The van der Waals surface area contributed by atoms with Crippen LogP contribution in [0.5, 0.6) is 11.5 Å². The number of nitrogens with zero attached hydrogens (tertiary/aromatic N) is 4. The number of aliphatic hydroxyl groups excluding tert-OH is 1. The normalized spacial score (nSPS) is 29.7. The van der Waals surface area contributed by atoms with Gasteiger partial charge in [0.25, 0.3) is 0 Å². The molecule has 4 aliphatic heterocycles. The molecular weight excluding hydrogens is 667 g/mol. The molecule has 7 heterocycles. The zero-order valence-electron chi connectivity index (χ0n) is 22.8. The van der Waals surface area contributed by atoms with Crippen LogP contribution in [-0.2, 0) is 24.9 Å². The summed E-state index contributed by atoms with van der Waals surface area (Å²) in [6.45, 7) is -0.801. The Labute approximate surface area is 254 Å². The predicted octanol–water partition coefficient (Wildman–Crippen LogP) is -2.20. The standard InChI is InChI=1S/C21H26FN9O13P2/c22-6-1-30(16-9(6)15(23)25-4-26-16)19-12(33)13-8(42-19)3-40-46(37,38)44-14-11(32)7(2-39-45(35,36)43-13)41-20(14)31-5-27-10-17(31)28-21(24)29-18(10)34/h1-2,5,9,11,15-16,25-26,32-33,35-38,45-46H,3-4,23H2,(H3,24,28,29,34)/b7-2+/t9?,11-,15?,16?/m1/s1. The third kappa shape index (κ3) is 5.09. The first-order valence-electron chi connectivity index (χ1n) is 13.1. The quantitative estimate of drug-likeness (QED) is 0.127. The van der Waals surface area contributed by atoms with E-state index in [1.807, 2.05) is 0 Å². The number of furan rings is 1. The number of aromatic hydroxyl groups is 1. The molecule has 46 heavy (non-hydrogen) atoms. The van der Waals surface area contributed by atoms with Crippen molar-refractivity contribution in [1.29, 1.82) is 0 Å². The molecule has 1 saturated heterocycles. The van der Waals surface area contributed by atoms with Crippen molar-refractivity contribution in [3.8, 4) is 11.5 Å². The van der Waals surface area contributed by atoms with Crippen LogP contribution in [0.1, 0.15) is 5.76 Å². The molecule has 4 atom stereocenters. The molecule has 3 aromatic heterocycles. The molecule has 250 valence electrons. The van der Waals surface area contributed by atoms with Gasteiger partial charge >= 0.3 is 255 Å². The van der Waals surface area contributed by atoms with Crippen molar-refractivity contribution in [2.75, 3.05) is 17.3 Å². The van der Waals surface area contributed by atoms with Crippen molar-refractivity contribution in [1.82, 2.24) is 30.2 Å². The van der Waals surface area contributed by atoms with E-state index in [0.29, 0.717) is 6.26 Å². The van der Waals surface area contributed by atoms with Crippen LogP contribution >= 0.6 is 16.3 Å². The van der Waals surface area contributed by atoms with E-state index >= 15 is 0 Å². The first-order chi connectivity index (χ1) is 21.7. The Kier molecular flexibility index (Phi) is 7.11. The van der Waals surface area contributed by atoms with Gasteiger partial charge in [0.15, 0.2) is 0 Å². The van der Waals surface area contributed by atoms with Gasteiger partial charge in [0.2, 0.25) is 0 Å². The molecule has 1 fully saturated rings. The number of hydrogen-bond acceptors (Lipinski definition) is 20. The molecule has 0 amide bonds. The fourth-order valence-electron chi connectivity index (χ4n) is 5.14. The van der Waals surface area contributed by atoms with E-state index in [2.05, 4.69) is 25.6 Å². The molecule has 0 radical (unpaired) electrons. The predicted molar refractivity (Wildman–Crippen MR) is 152 cm³/mol. The van der Waals surface area contributed by atoms with Crippen LogP contribution in [-0.4, -0.2) is 74.4 Å². The second-order valence-corrected chi connectivity index (χ2v) is 13.3. The number of nitrogens with two attached hydrogens (primary N) is 2. The number of nitrogens with one attached hydrogen (secondary N) is 3. The number of imidazole rings is 1. The molecule has 3 aromatic rings. The molecule has 0 saturated carbocycles. The van der Waals surface area contributed by atoms with Crippen molar-refractivity contribution in [2.45, 2.75) is 25.0 Å². The molecule has 22 nitrogen and oxygen atoms in total. The van der Waals surface area contributed by atoms with Crippen LogP contribution in [0.2, 0.25) is 0 Å². The first-order valence-corrected chi connectivity index (χ1v) is 16.5. The summed E-state index contributed by atoms with van der Waals surface area (Å²) in [7, 11) is -10.7. The molecule has 13 N–H and O–H groups in total. The van der Waals surface area contributed by atoms with E-state index in [1.54, 1.807) is 0 Å². The topological polar surface area (TPSA) is 324 Å². The second-order valence-electron chi connectivity index (χ2n) is 10.2. The molecule has 2 bridgehead atoms. The summed E-state index contributed by atoms with van der Waals surface area (Å²) < 4.78 is 47.7. The Hall–Kier alpha value is -4.12. The van der Waals surface area contributed by atoms with Gasteiger partial charge in [-0.1, -0.05) is 0 Å². The van der Waals surface area contributed by atoms with Gasteiger partial charge < -0.3 is 0 Å². The third-order valence-corrected chi connectivity index (χ3v) is 9.07. The van der Waals surface area contributed by atoms with Gasteiger partial charge in [-0.2, -0.15) is 0 Å². The van der Waals surface area contributed by atoms with Gasteiger partial charge in [-0.05, 0) is 0 Å². The average molecular weight is 693 g/mol. The fourth-order valence-corrected chi connectivity index (χ4v) is 6.80. The third-order valence-electron chi connectivity index (χ3n) is 7.17. The molecule has 0 spiro atoms. The second kappa shape index (κ2) is 10.7. The number of halogens is 1. The molecule has 0 aromatic carbocycles. The van der Waals surface area contributed by atoms with E-state index in [-0.39, 0.29) is 23.8 Å². The molecule has 4 aliphatic rings. The Morgan fingerprint density at radius 3 is 2.72 bits per heavy atom. The van der Waals surface area contributed by atoms with Crippen molar-refractivity contribution in [2.24, 2.45) is 11.7 Å². The fraction of sp³-hybridized carbons (Fsp3) is 0.286. The number of rotatable bonds is 2. The van der Waals surface area contributed by atoms with E-state index < -0.39 is 99.2 Å². The summed E-state index contributed by atoms with van der Waals surface area (Å²) in [6.07, 6.45) is -1.12. The number of anilines is 2. The summed E-state index contributed by atoms with van der Waals surface area (Å²) in [6, 6.07) is 0. The summed E-state index contributed by atoms with van der Waals surface area (Å²) >= 11 is 0. The van der Waals surface area contributed by atoms with Gasteiger partial charge in [0, 0.05) is 0 Å². The monoisotopic (exact) mass is 693 g/mol. The van der Waals surface area contributed by atoms with Crippen LogP contribution in [0.25, 0.3) is 17.0 Å². The minimum atomic E-state index is -5.37. The van der Waals surface area contributed by atoms with Crippen molar-refractivity contribution >= 4 is 45.2 Å². The number of aromatic nitrogens is 4. The zero-order chi connectivity index (χ0) is 32.7. The first kappa shape index (κ1) is 30.5. The van der Waals surface area contributed by atoms with Crippen LogP contribution < -0.4 is 37.1 Å². The Morgan fingerprint density at radius 2 is 1.93 bits per heavy atom. The number of aromatic amines is 1. The summed E-state index contributed by atoms with van der Waals surface area (Å²) in [4.78, 5) is 66.4. The molecule has 0 aliphatic carbocycles. The number of fused-ring (bicyclic) bond motifs is 5. The van der Waals surface area contributed by atoms with Crippen LogP contribution in [0, 0.1) is 5.92 Å². The molecule has 7 rings (SSSR count). The average Bonchev–Trinajstić information content (AvgIpc) is 3.71. The van der Waals surface area contributed by atoms with Crippen molar-refractivity contribution in [3.63, 3.8) is 0 Å². The summed E-state index contributed by atoms with van der Waals surface area (Å²) in [5, 5.41) is 27.7. The van der Waals surface area contributed by atoms with Gasteiger partial charge in [0.05, 0.1) is 0 Å². The van der Waals surface area contributed by atoms with E-state index in [0.717, 1.165) is 22.0 Å². The summed E-state index contributed by atoms with van der Waals surface area (Å²) in [5.41, 5.74) is 10.5. The zero-order valence-corrected chi connectivity index (χ0v) is 24.8. The molecular formula is C21H26FN9O13P2.